The molecule has 1 aromatic heterocycles. The number of H-pyrrole nitrogens is 1. The third-order valence-electron chi connectivity index (χ3n) is 3.76. The minimum absolute atomic E-state index is 0.0250. The molecular formula is C17H10N2O3. The second-order valence-corrected chi connectivity index (χ2v) is 5.03. The Balaban J connectivity index is 2.06. The monoisotopic (exact) mass is 290 g/mol. The van der Waals surface area contributed by atoms with Gasteiger partial charge in [0.2, 0.25) is 0 Å². The van der Waals surface area contributed by atoms with Crippen LogP contribution in [-0.2, 0) is 0 Å². The largest absolute Gasteiger partial charge is 0.506 e. The van der Waals surface area contributed by atoms with Crippen molar-refractivity contribution >= 4 is 22.5 Å². The van der Waals surface area contributed by atoms with E-state index in [9.17, 15) is 14.7 Å². The molecule has 0 spiro atoms. The number of nitrogens with zero attached hydrogens (tertiary/aromatic N) is 1. The molecule has 1 amide bonds. The Kier molecular flexibility index (Phi) is 2.50. The Bertz CT molecular complexity index is 1030. The number of amides is 1. The van der Waals surface area contributed by atoms with Gasteiger partial charge in [-0.1, -0.05) is 30.3 Å². The second-order valence-electron chi connectivity index (χ2n) is 5.03. The maximum atomic E-state index is 12.3. The number of aromatic nitrogens is 1. The fourth-order valence-corrected chi connectivity index (χ4v) is 2.73. The molecule has 0 aliphatic carbocycles. The number of benzene rings is 2. The van der Waals surface area contributed by atoms with Crippen molar-refractivity contribution in [2.75, 3.05) is 0 Å². The quantitative estimate of drug-likeness (QED) is 0.721. The zero-order valence-electron chi connectivity index (χ0n) is 11.3. The first-order valence-electron chi connectivity index (χ1n) is 6.73. The highest BCUT2D eigenvalue weighted by Gasteiger charge is 2.28. The number of carbonyl (C=O) groups is 1. The highest BCUT2D eigenvalue weighted by atomic mass is 16.3. The molecule has 5 heteroatoms. The third-order valence-corrected chi connectivity index (χ3v) is 3.76. The summed E-state index contributed by atoms with van der Waals surface area (Å²) in [6, 6.07) is 13.8. The smallest absolute Gasteiger partial charge is 0.278 e. The maximum absolute atomic E-state index is 12.3. The van der Waals surface area contributed by atoms with E-state index in [1.807, 2.05) is 0 Å². The molecule has 3 aromatic rings. The van der Waals surface area contributed by atoms with Crippen molar-refractivity contribution in [1.82, 2.24) is 4.98 Å². The van der Waals surface area contributed by atoms with Gasteiger partial charge in [-0.3, -0.25) is 9.59 Å². The van der Waals surface area contributed by atoms with Gasteiger partial charge in [-0.2, -0.15) is 0 Å². The number of aromatic amines is 1. The number of nitrogens with one attached hydrogen (secondary N) is 1. The van der Waals surface area contributed by atoms with Crippen molar-refractivity contribution in [3.63, 3.8) is 0 Å². The van der Waals surface area contributed by atoms with E-state index in [-0.39, 0.29) is 17.0 Å². The van der Waals surface area contributed by atoms with E-state index >= 15 is 0 Å². The highest BCUT2D eigenvalue weighted by molar-refractivity contribution is 6.28. The van der Waals surface area contributed by atoms with Crippen LogP contribution >= 0.6 is 0 Å². The van der Waals surface area contributed by atoms with E-state index in [0.717, 1.165) is 0 Å². The standard InChI is InChI=1S/C17H10N2O3/c20-15-11-7-3-4-8-12(11)18-17(22)13(15)14-9-5-1-2-6-10(9)16(21)19-14/h1-8H,(H2,18,20,22). The SMILES string of the molecule is O=C1N=C(c2c(O)c3ccccc3[nH]c2=O)c2ccccc21. The normalized spacial score (nSPS) is 13.3. The van der Waals surface area contributed by atoms with Crippen LogP contribution in [0.3, 0.4) is 0 Å². The lowest BCUT2D eigenvalue weighted by Crippen LogP contribution is -2.18. The molecule has 0 saturated heterocycles. The van der Waals surface area contributed by atoms with Crippen molar-refractivity contribution in [3.8, 4) is 5.75 Å². The van der Waals surface area contributed by atoms with E-state index in [4.69, 9.17) is 0 Å². The molecule has 106 valence electrons. The topological polar surface area (TPSA) is 82.5 Å². The van der Waals surface area contributed by atoms with Crippen LogP contribution in [0.15, 0.2) is 58.3 Å². The van der Waals surface area contributed by atoms with Gasteiger partial charge in [-0.05, 0) is 18.2 Å². The molecule has 0 radical (unpaired) electrons. The van der Waals surface area contributed by atoms with Crippen LogP contribution in [0.1, 0.15) is 21.5 Å². The predicted octanol–water partition coefficient (Wildman–Crippen LogP) is 2.22. The maximum Gasteiger partial charge on any atom is 0.278 e. The summed E-state index contributed by atoms with van der Waals surface area (Å²) in [4.78, 5) is 31.0. The summed E-state index contributed by atoms with van der Waals surface area (Å²) in [5, 5.41) is 11.0. The van der Waals surface area contributed by atoms with Gasteiger partial charge in [-0.25, -0.2) is 4.99 Å². The van der Waals surface area contributed by atoms with Crippen molar-refractivity contribution in [1.29, 1.82) is 0 Å². The van der Waals surface area contributed by atoms with Gasteiger partial charge in [0, 0.05) is 10.9 Å². The Hall–Kier alpha value is -3.21. The Morgan fingerprint density at radius 2 is 1.59 bits per heavy atom. The fraction of sp³-hybridized carbons (Fsp3) is 0. The number of rotatable bonds is 1. The Morgan fingerprint density at radius 1 is 0.909 bits per heavy atom. The molecule has 1 aliphatic rings. The molecule has 5 nitrogen and oxygen atoms in total. The van der Waals surface area contributed by atoms with Crippen LogP contribution in [0.5, 0.6) is 5.75 Å². The number of hydrogen-bond acceptors (Lipinski definition) is 3. The van der Waals surface area contributed by atoms with Gasteiger partial charge in [0.1, 0.15) is 11.3 Å². The first-order chi connectivity index (χ1) is 10.7. The minimum atomic E-state index is -0.473. The van der Waals surface area contributed by atoms with E-state index in [2.05, 4.69) is 9.98 Å². The van der Waals surface area contributed by atoms with Crippen molar-refractivity contribution in [2.45, 2.75) is 0 Å². The number of aliphatic imine (C=N–C) groups is 1. The number of fused-ring (bicyclic) bond motifs is 2. The third kappa shape index (κ3) is 1.62. The van der Waals surface area contributed by atoms with Gasteiger partial charge in [0.15, 0.2) is 0 Å². The lowest BCUT2D eigenvalue weighted by molar-refractivity contribution is 0.101. The van der Waals surface area contributed by atoms with Crippen molar-refractivity contribution < 1.29 is 9.90 Å². The summed E-state index contributed by atoms with van der Waals surface area (Å²) in [6.07, 6.45) is 0. The Labute approximate surface area is 124 Å². The molecule has 2 N–H and O–H groups in total. The molecule has 0 saturated carbocycles. The number of hydrogen-bond donors (Lipinski definition) is 2. The number of carbonyl (C=O) groups excluding carboxylic acids is 1. The van der Waals surface area contributed by atoms with Gasteiger partial charge >= 0.3 is 0 Å². The summed E-state index contributed by atoms with van der Waals surface area (Å²) < 4.78 is 0. The first kappa shape index (κ1) is 12.5. The molecule has 2 heterocycles. The highest BCUT2D eigenvalue weighted by Crippen LogP contribution is 2.29. The summed E-state index contributed by atoms with van der Waals surface area (Å²) in [5.74, 6) is -0.569. The zero-order valence-corrected chi connectivity index (χ0v) is 11.3. The second kappa shape index (κ2) is 4.39. The van der Waals surface area contributed by atoms with Crippen LogP contribution in [0.2, 0.25) is 0 Å². The minimum Gasteiger partial charge on any atom is -0.506 e. The average molecular weight is 290 g/mol. The van der Waals surface area contributed by atoms with Gasteiger partial charge in [0.25, 0.3) is 11.5 Å². The molecule has 0 fully saturated rings. The average Bonchev–Trinajstić information content (AvgIpc) is 2.85. The van der Waals surface area contributed by atoms with Crippen LogP contribution in [-0.4, -0.2) is 21.7 Å². The van der Waals surface area contributed by atoms with Crippen molar-refractivity contribution in [3.05, 3.63) is 75.6 Å². The van der Waals surface area contributed by atoms with E-state index < -0.39 is 11.5 Å². The summed E-state index contributed by atoms with van der Waals surface area (Å²) >= 11 is 0. The lowest BCUT2D eigenvalue weighted by atomic mass is 9.99. The van der Waals surface area contributed by atoms with Crippen LogP contribution in [0, 0.1) is 0 Å². The fourth-order valence-electron chi connectivity index (χ4n) is 2.73. The van der Waals surface area contributed by atoms with E-state index in [1.54, 1.807) is 48.5 Å². The van der Waals surface area contributed by atoms with Gasteiger partial charge in [-0.15, -0.1) is 0 Å². The van der Waals surface area contributed by atoms with Crippen molar-refractivity contribution in [2.24, 2.45) is 4.99 Å². The summed E-state index contributed by atoms with van der Waals surface area (Å²) in [6.45, 7) is 0. The van der Waals surface area contributed by atoms with Crippen LogP contribution in [0.25, 0.3) is 10.9 Å². The predicted molar refractivity (Wildman–Crippen MR) is 82.6 cm³/mol. The first-order valence-corrected chi connectivity index (χ1v) is 6.73. The van der Waals surface area contributed by atoms with Gasteiger partial charge in [0.05, 0.1) is 16.8 Å². The molecule has 0 bridgehead atoms. The van der Waals surface area contributed by atoms with Gasteiger partial charge < -0.3 is 10.1 Å². The van der Waals surface area contributed by atoms with Crippen LogP contribution in [0.4, 0.5) is 0 Å². The Morgan fingerprint density at radius 3 is 2.41 bits per heavy atom. The number of para-hydroxylation sites is 1. The molecule has 4 rings (SSSR count). The number of aromatic hydroxyl groups is 1. The van der Waals surface area contributed by atoms with E-state index in [0.29, 0.717) is 22.0 Å². The number of pyridine rings is 1. The molecular weight excluding hydrogens is 280 g/mol. The molecule has 0 unspecified atom stereocenters. The molecule has 0 atom stereocenters. The molecule has 2 aromatic carbocycles. The lowest BCUT2D eigenvalue weighted by Gasteiger charge is -2.08. The van der Waals surface area contributed by atoms with Crippen LogP contribution < -0.4 is 5.56 Å². The zero-order chi connectivity index (χ0) is 15.3. The molecule has 1 aliphatic heterocycles. The molecule has 22 heavy (non-hydrogen) atoms. The summed E-state index contributed by atoms with van der Waals surface area (Å²) in [5.41, 5.74) is 1.29. The van der Waals surface area contributed by atoms with E-state index in [1.165, 1.54) is 0 Å². The summed E-state index contributed by atoms with van der Waals surface area (Å²) in [7, 11) is 0.